The van der Waals surface area contributed by atoms with E-state index in [0.717, 1.165) is 28.2 Å². The zero-order chi connectivity index (χ0) is 20.2. The average molecular weight is 389 g/mol. The lowest BCUT2D eigenvalue weighted by Crippen LogP contribution is -2.43. The van der Waals surface area contributed by atoms with E-state index >= 15 is 0 Å². The van der Waals surface area contributed by atoms with Crippen molar-refractivity contribution in [3.8, 4) is 11.5 Å². The predicted molar refractivity (Wildman–Crippen MR) is 114 cm³/mol. The van der Waals surface area contributed by atoms with Crippen LogP contribution in [-0.4, -0.2) is 25.4 Å². The number of benzene rings is 3. The van der Waals surface area contributed by atoms with Crippen LogP contribution in [0, 0.1) is 0 Å². The van der Waals surface area contributed by atoms with Crippen LogP contribution in [-0.2, 0) is 0 Å². The van der Waals surface area contributed by atoms with Crippen LogP contribution in [0.3, 0.4) is 0 Å². The molecule has 0 aliphatic carbocycles. The molecule has 1 aliphatic heterocycles. The monoisotopic (exact) mass is 389 g/mol. The molecule has 0 amide bonds. The van der Waals surface area contributed by atoms with Crippen LogP contribution in [0.25, 0.3) is 0 Å². The molecule has 0 spiro atoms. The molecular formula is C25H27NO3. The number of rotatable bonds is 5. The molecule has 3 aromatic rings. The average Bonchev–Trinajstić information content (AvgIpc) is 2.79. The Bertz CT molecular complexity index is 909. The highest BCUT2D eigenvalue weighted by Crippen LogP contribution is 2.43. The lowest BCUT2D eigenvalue weighted by Gasteiger charge is -2.42. The Hall–Kier alpha value is -2.82. The molecule has 150 valence electrons. The zero-order valence-corrected chi connectivity index (χ0v) is 16.8. The Balaban J connectivity index is 1.69. The smallest absolute Gasteiger partial charge is 0.118 e. The highest BCUT2D eigenvalue weighted by atomic mass is 16.5. The molecule has 4 heteroatoms. The maximum atomic E-state index is 11.2. The van der Waals surface area contributed by atoms with Gasteiger partial charge in [0.15, 0.2) is 0 Å². The molecule has 0 radical (unpaired) electrons. The number of hydrogen-bond donors (Lipinski definition) is 2. The van der Waals surface area contributed by atoms with E-state index in [2.05, 4.69) is 41.7 Å². The number of piperidine rings is 1. The predicted octanol–water partition coefficient (Wildman–Crippen LogP) is 4.62. The Kier molecular flexibility index (Phi) is 5.84. The number of ether oxygens (including phenoxy) is 2. The summed E-state index contributed by atoms with van der Waals surface area (Å²) in [6.07, 6.45) is 0.191. The van der Waals surface area contributed by atoms with Crippen LogP contribution >= 0.6 is 0 Å². The highest BCUT2D eigenvalue weighted by molar-refractivity contribution is 5.36. The van der Waals surface area contributed by atoms with Gasteiger partial charge in [-0.3, -0.25) is 0 Å². The highest BCUT2D eigenvalue weighted by Gasteiger charge is 2.38. The third-order valence-corrected chi connectivity index (χ3v) is 5.81. The fourth-order valence-corrected chi connectivity index (χ4v) is 4.27. The third-order valence-electron chi connectivity index (χ3n) is 5.81. The van der Waals surface area contributed by atoms with E-state index < -0.39 is 6.10 Å². The van der Waals surface area contributed by atoms with E-state index in [-0.39, 0.29) is 18.0 Å². The van der Waals surface area contributed by atoms with Gasteiger partial charge >= 0.3 is 0 Å². The second kappa shape index (κ2) is 8.68. The standard InChI is InChI=1S/C25H27NO3/c1-28-20-12-8-17(9-13-20)22-16-23(27)24(18-6-4-3-5-7-18)25(26-22)19-10-14-21(29-2)15-11-19/h3-15,22-27H,16H2,1-2H3. The van der Waals surface area contributed by atoms with Gasteiger partial charge in [-0.15, -0.1) is 0 Å². The molecule has 0 aromatic heterocycles. The van der Waals surface area contributed by atoms with Crippen molar-refractivity contribution in [2.75, 3.05) is 14.2 Å². The van der Waals surface area contributed by atoms with Crippen LogP contribution < -0.4 is 14.8 Å². The van der Waals surface area contributed by atoms with Gasteiger partial charge in [-0.2, -0.15) is 0 Å². The minimum absolute atomic E-state index is 0.0147. The van der Waals surface area contributed by atoms with Crippen LogP contribution in [0.2, 0.25) is 0 Å². The molecule has 1 fully saturated rings. The first kappa shape index (κ1) is 19.5. The van der Waals surface area contributed by atoms with Crippen LogP contribution in [0.1, 0.15) is 41.1 Å². The quantitative estimate of drug-likeness (QED) is 0.668. The van der Waals surface area contributed by atoms with Gasteiger partial charge in [0, 0.05) is 18.0 Å². The first-order valence-electron chi connectivity index (χ1n) is 9.96. The zero-order valence-electron chi connectivity index (χ0n) is 16.8. The fraction of sp³-hybridized carbons (Fsp3) is 0.280. The molecule has 29 heavy (non-hydrogen) atoms. The van der Waals surface area contributed by atoms with Crippen LogP contribution in [0.5, 0.6) is 11.5 Å². The van der Waals surface area contributed by atoms with E-state index in [1.807, 2.05) is 42.5 Å². The van der Waals surface area contributed by atoms with Crippen LogP contribution in [0.4, 0.5) is 0 Å². The molecule has 4 rings (SSSR count). The lowest BCUT2D eigenvalue weighted by molar-refractivity contribution is 0.0681. The van der Waals surface area contributed by atoms with Gasteiger partial charge in [-0.05, 0) is 47.4 Å². The minimum atomic E-state index is -0.460. The molecule has 2 N–H and O–H groups in total. The summed E-state index contributed by atoms with van der Waals surface area (Å²) >= 11 is 0. The maximum Gasteiger partial charge on any atom is 0.118 e. The van der Waals surface area contributed by atoms with Gasteiger partial charge in [0.25, 0.3) is 0 Å². The Morgan fingerprint density at radius 2 is 1.28 bits per heavy atom. The maximum absolute atomic E-state index is 11.2. The normalized spacial score (nSPS) is 24.1. The van der Waals surface area contributed by atoms with E-state index in [4.69, 9.17) is 9.47 Å². The van der Waals surface area contributed by atoms with Crippen molar-refractivity contribution < 1.29 is 14.6 Å². The minimum Gasteiger partial charge on any atom is -0.497 e. The summed E-state index contributed by atoms with van der Waals surface area (Å²) in [5.74, 6) is 1.63. The van der Waals surface area contributed by atoms with Crippen LogP contribution in [0.15, 0.2) is 78.9 Å². The van der Waals surface area contributed by atoms with Crippen molar-refractivity contribution in [1.29, 1.82) is 0 Å². The Labute approximate surface area is 172 Å². The number of methoxy groups -OCH3 is 2. The summed E-state index contributed by atoms with van der Waals surface area (Å²) in [4.78, 5) is 0. The molecule has 4 nitrogen and oxygen atoms in total. The second-order valence-electron chi connectivity index (χ2n) is 7.48. The van der Waals surface area contributed by atoms with E-state index in [0.29, 0.717) is 6.42 Å². The molecule has 0 bridgehead atoms. The first-order valence-corrected chi connectivity index (χ1v) is 9.96. The summed E-state index contributed by atoms with van der Waals surface area (Å²) in [6, 6.07) is 26.5. The van der Waals surface area contributed by atoms with Crippen molar-refractivity contribution in [3.05, 3.63) is 95.6 Å². The number of aliphatic hydroxyl groups excluding tert-OH is 1. The first-order chi connectivity index (χ1) is 14.2. The molecular weight excluding hydrogens is 362 g/mol. The summed E-state index contributed by atoms with van der Waals surface area (Å²) in [7, 11) is 3.34. The molecule has 1 saturated heterocycles. The Morgan fingerprint density at radius 1 is 0.724 bits per heavy atom. The van der Waals surface area contributed by atoms with Crippen molar-refractivity contribution in [3.63, 3.8) is 0 Å². The van der Waals surface area contributed by atoms with Crippen molar-refractivity contribution >= 4 is 0 Å². The van der Waals surface area contributed by atoms with Gasteiger partial charge in [0.05, 0.1) is 20.3 Å². The van der Waals surface area contributed by atoms with Crippen molar-refractivity contribution in [2.45, 2.75) is 30.5 Å². The van der Waals surface area contributed by atoms with Gasteiger partial charge < -0.3 is 19.9 Å². The van der Waals surface area contributed by atoms with Crippen molar-refractivity contribution in [2.24, 2.45) is 0 Å². The van der Waals surface area contributed by atoms with E-state index in [1.165, 1.54) is 0 Å². The van der Waals surface area contributed by atoms with Gasteiger partial charge in [-0.1, -0.05) is 54.6 Å². The van der Waals surface area contributed by atoms with Gasteiger partial charge in [0.1, 0.15) is 11.5 Å². The molecule has 4 unspecified atom stereocenters. The number of hydrogen-bond acceptors (Lipinski definition) is 4. The van der Waals surface area contributed by atoms with Gasteiger partial charge in [-0.25, -0.2) is 0 Å². The fourth-order valence-electron chi connectivity index (χ4n) is 4.27. The topological polar surface area (TPSA) is 50.7 Å². The van der Waals surface area contributed by atoms with E-state index in [1.54, 1.807) is 14.2 Å². The molecule has 1 aliphatic rings. The van der Waals surface area contributed by atoms with Gasteiger partial charge in [0.2, 0.25) is 0 Å². The molecule has 3 aromatic carbocycles. The third kappa shape index (κ3) is 4.14. The number of aliphatic hydroxyl groups is 1. The summed E-state index contributed by atoms with van der Waals surface area (Å²) in [6.45, 7) is 0. The second-order valence-corrected chi connectivity index (χ2v) is 7.48. The molecule has 1 heterocycles. The Morgan fingerprint density at radius 3 is 1.83 bits per heavy atom. The summed E-state index contributed by atoms with van der Waals surface area (Å²) in [5, 5.41) is 15.0. The summed E-state index contributed by atoms with van der Waals surface area (Å²) in [5.41, 5.74) is 3.42. The number of nitrogens with one attached hydrogen (secondary N) is 1. The molecule has 4 atom stereocenters. The molecule has 0 saturated carbocycles. The largest absolute Gasteiger partial charge is 0.497 e. The van der Waals surface area contributed by atoms with E-state index in [9.17, 15) is 5.11 Å². The lowest BCUT2D eigenvalue weighted by atomic mass is 9.76. The summed E-state index contributed by atoms with van der Waals surface area (Å²) < 4.78 is 10.6. The SMILES string of the molecule is COc1ccc(C2CC(O)C(c3ccccc3)C(c3ccc(OC)cc3)N2)cc1. The van der Waals surface area contributed by atoms with Crippen molar-refractivity contribution in [1.82, 2.24) is 5.32 Å².